The van der Waals surface area contributed by atoms with Crippen LogP contribution in [0.15, 0.2) is 0 Å². The van der Waals surface area contributed by atoms with Crippen molar-refractivity contribution in [3.8, 4) is 0 Å². The average molecular weight is 276 g/mol. The Hall–Kier alpha value is -0.890. The fourth-order valence-electron chi connectivity index (χ4n) is 1.05. The minimum absolute atomic E-state index is 0.701. The minimum atomic E-state index is -4.30. The third-order valence-corrected chi connectivity index (χ3v) is 2.03. The largest absolute Gasteiger partial charge is 0.466 e. The fraction of sp³-hybridized carbons (Fsp3) is 0.900. The zero-order valence-electron chi connectivity index (χ0n) is 10.1. The average Bonchev–Trinajstić information content (AvgIpc) is 2.15. The summed E-state index contributed by atoms with van der Waals surface area (Å²) < 4.78 is 61.0. The second-order valence-corrected chi connectivity index (χ2v) is 3.72. The Morgan fingerprint density at radius 3 is 2.00 bits per heavy atom. The van der Waals surface area contributed by atoms with Gasteiger partial charge in [-0.15, -0.1) is 0 Å². The van der Waals surface area contributed by atoms with Gasteiger partial charge in [0.15, 0.2) is 6.29 Å². The van der Waals surface area contributed by atoms with Gasteiger partial charge in [-0.25, -0.2) is 0 Å². The molecule has 4 nitrogen and oxygen atoms in total. The highest BCUT2D eigenvalue weighted by Gasteiger charge is 2.55. The van der Waals surface area contributed by atoms with Gasteiger partial charge in [-0.05, 0) is 6.92 Å². The lowest BCUT2D eigenvalue weighted by Crippen LogP contribution is -2.42. The SMILES string of the molecule is CC(=O)OCCC(F)(F)C(F)(F)CCOC(C)O. The zero-order valence-corrected chi connectivity index (χ0v) is 10.1. The van der Waals surface area contributed by atoms with Crippen LogP contribution in [0.1, 0.15) is 26.7 Å². The summed E-state index contributed by atoms with van der Waals surface area (Å²) in [4.78, 5) is 10.3. The summed E-state index contributed by atoms with van der Waals surface area (Å²) in [5, 5.41) is 8.64. The molecule has 0 aromatic rings. The molecule has 1 N–H and O–H groups in total. The second-order valence-electron chi connectivity index (χ2n) is 3.72. The van der Waals surface area contributed by atoms with Crippen LogP contribution in [0.25, 0.3) is 0 Å². The second kappa shape index (κ2) is 6.89. The maximum absolute atomic E-state index is 13.1. The summed E-state index contributed by atoms with van der Waals surface area (Å²) in [6.07, 6.45) is -3.80. The van der Waals surface area contributed by atoms with Crippen molar-refractivity contribution in [1.82, 2.24) is 0 Å². The molecule has 18 heavy (non-hydrogen) atoms. The molecule has 8 heteroatoms. The maximum Gasteiger partial charge on any atom is 0.313 e. The van der Waals surface area contributed by atoms with Crippen molar-refractivity contribution in [1.29, 1.82) is 0 Å². The molecule has 0 aliphatic carbocycles. The monoisotopic (exact) mass is 276 g/mol. The Bertz CT molecular complexity index is 269. The van der Waals surface area contributed by atoms with Gasteiger partial charge in [-0.2, -0.15) is 17.6 Å². The van der Waals surface area contributed by atoms with E-state index < -0.39 is 50.2 Å². The van der Waals surface area contributed by atoms with Gasteiger partial charge in [0, 0.05) is 13.3 Å². The van der Waals surface area contributed by atoms with Crippen molar-refractivity contribution >= 4 is 5.97 Å². The molecule has 0 radical (unpaired) electrons. The lowest BCUT2D eigenvalue weighted by atomic mass is 10.1. The Balaban J connectivity index is 4.22. The van der Waals surface area contributed by atoms with E-state index >= 15 is 0 Å². The van der Waals surface area contributed by atoms with E-state index in [1.54, 1.807) is 0 Å². The van der Waals surface area contributed by atoms with E-state index in [1.807, 2.05) is 0 Å². The van der Waals surface area contributed by atoms with Crippen LogP contribution in [0, 0.1) is 0 Å². The van der Waals surface area contributed by atoms with E-state index in [0.717, 1.165) is 6.92 Å². The molecular weight excluding hydrogens is 260 g/mol. The molecule has 108 valence electrons. The molecular formula is C10H16F4O4. The smallest absolute Gasteiger partial charge is 0.313 e. The van der Waals surface area contributed by atoms with Gasteiger partial charge in [0.1, 0.15) is 0 Å². The predicted octanol–water partition coefficient (Wildman–Crippen LogP) is 1.96. The van der Waals surface area contributed by atoms with Crippen molar-refractivity contribution in [3.05, 3.63) is 0 Å². The van der Waals surface area contributed by atoms with Crippen molar-refractivity contribution in [2.45, 2.75) is 44.8 Å². The number of halogens is 4. The number of rotatable bonds is 8. The summed E-state index contributed by atoms with van der Waals surface area (Å²) in [5.74, 6) is -9.40. The highest BCUT2D eigenvalue weighted by molar-refractivity contribution is 5.65. The number of alkyl halides is 4. The van der Waals surface area contributed by atoms with Crippen LogP contribution in [-0.2, 0) is 14.3 Å². The first-order valence-corrected chi connectivity index (χ1v) is 5.27. The number of aliphatic hydroxyl groups is 1. The molecule has 0 fully saturated rings. The minimum Gasteiger partial charge on any atom is -0.466 e. The molecule has 1 atom stereocenters. The van der Waals surface area contributed by atoms with Gasteiger partial charge in [-0.1, -0.05) is 0 Å². The van der Waals surface area contributed by atoms with E-state index in [0.29, 0.717) is 0 Å². The van der Waals surface area contributed by atoms with Gasteiger partial charge in [0.05, 0.1) is 19.6 Å². The summed E-state index contributed by atoms with van der Waals surface area (Å²) in [7, 11) is 0. The molecule has 0 saturated carbocycles. The van der Waals surface area contributed by atoms with Gasteiger partial charge in [0.25, 0.3) is 0 Å². The number of carbonyl (C=O) groups excluding carboxylic acids is 1. The van der Waals surface area contributed by atoms with Crippen LogP contribution < -0.4 is 0 Å². The third kappa shape index (κ3) is 6.15. The first-order chi connectivity index (χ1) is 8.08. The summed E-state index contributed by atoms with van der Waals surface area (Å²) >= 11 is 0. The Labute approximate surface area is 102 Å². The third-order valence-electron chi connectivity index (χ3n) is 2.03. The highest BCUT2D eigenvalue weighted by atomic mass is 19.3. The molecule has 0 rings (SSSR count). The van der Waals surface area contributed by atoms with E-state index in [1.165, 1.54) is 6.92 Å². The molecule has 1 unspecified atom stereocenters. The number of hydrogen-bond donors (Lipinski definition) is 1. The lowest BCUT2D eigenvalue weighted by molar-refractivity contribution is -0.228. The van der Waals surface area contributed by atoms with Crippen molar-refractivity contribution < 1.29 is 36.9 Å². The predicted molar refractivity (Wildman–Crippen MR) is 53.4 cm³/mol. The zero-order chi connectivity index (χ0) is 14.4. The molecule has 0 spiro atoms. The van der Waals surface area contributed by atoms with Crippen molar-refractivity contribution in [3.63, 3.8) is 0 Å². The first-order valence-electron chi connectivity index (χ1n) is 5.27. The summed E-state index contributed by atoms with van der Waals surface area (Å²) in [5.41, 5.74) is 0. The van der Waals surface area contributed by atoms with E-state index in [4.69, 9.17) is 5.11 Å². The molecule has 0 aliphatic heterocycles. The first kappa shape index (κ1) is 17.1. The molecule has 0 aromatic carbocycles. The summed E-state index contributed by atoms with van der Waals surface area (Å²) in [6, 6.07) is 0. The van der Waals surface area contributed by atoms with Crippen LogP contribution in [0.4, 0.5) is 17.6 Å². The number of aliphatic hydroxyl groups excluding tert-OH is 1. The number of ether oxygens (including phenoxy) is 2. The Morgan fingerprint density at radius 1 is 1.17 bits per heavy atom. The Kier molecular flexibility index (Phi) is 6.55. The standard InChI is InChI=1S/C10H16F4O4/c1-7(15)17-5-3-9(11,12)10(13,14)4-6-18-8(2)16/h7,15H,3-6H2,1-2H3. The molecule has 0 aromatic heterocycles. The molecule has 0 aliphatic rings. The van der Waals surface area contributed by atoms with E-state index in [-0.39, 0.29) is 0 Å². The van der Waals surface area contributed by atoms with E-state index in [9.17, 15) is 22.4 Å². The number of hydrogen-bond acceptors (Lipinski definition) is 4. The number of esters is 1. The summed E-state index contributed by atoms with van der Waals surface area (Å²) in [6.45, 7) is 0.687. The van der Waals surface area contributed by atoms with Crippen molar-refractivity contribution in [2.24, 2.45) is 0 Å². The topological polar surface area (TPSA) is 55.8 Å². The number of carbonyl (C=O) groups is 1. The van der Waals surface area contributed by atoms with Gasteiger partial charge in [-0.3, -0.25) is 4.79 Å². The maximum atomic E-state index is 13.1. The Morgan fingerprint density at radius 2 is 1.61 bits per heavy atom. The lowest BCUT2D eigenvalue weighted by Gasteiger charge is -2.26. The molecule has 0 amide bonds. The molecule has 0 bridgehead atoms. The molecule has 0 heterocycles. The fourth-order valence-corrected chi connectivity index (χ4v) is 1.05. The van der Waals surface area contributed by atoms with Crippen LogP contribution in [-0.4, -0.2) is 42.4 Å². The highest BCUT2D eigenvalue weighted by Crippen LogP contribution is 2.39. The van der Waals surface area contributed by atoms with Crippen LogP contribution in [0.5, 0.6) is 0 Å². The molecule has 0 saturated heterocycles. The van der Waals surface area contributed by atoms with E-state index in [2.05, 4.69) is 9.47 Å². The quantitative estimate of drug-likeness (QED) is 0.418. The van der Waals surface area contributed by atoms with Crippen LogP contribution in [0.2, 0.25) is 0 Å². The van der Waals surface area contributed by atoms with Gasteiger partial charge in [0.2, 0.25) is 0 Å². The normalized spacial score (nSPS) is 14.4. The van der Waals surface area contributed by atoms with Crippen LogP contribution in [0.3, 0.4) is 0 Å². The van der Waals surface area contributed by atoms with Gasteiger partial charge >= 0.3 is 17.8 Å². The van der Waals surface area contributed by atoms with Crippen LogP contribution >= 0.6 is 0 Å². The van der Waals surface area contributed by atoms with Crippen molar-refractivity contribution in [2.75, 3.05) is 13.2 Å². The van der Waals surface area contributed by atoms with Gasteiger partial charge < -0.3 is 14.6 Å².